The van der Waals surface area contributed by atoms with Gasteiger partial charge in [0.15, 0.2) is 23.0 Å². The number of hydrogen-bond acceptors (Lipinski definition) is 6. The molecule has 0 saturated carbocycles. The fourth-order valence-corrected chi connectivity index (χ4v) is 3.38. The van der Waals surface area contributed by atoms with Crippen molar-refractivity contribution in [1.82, 2.24) is 5.32 Å². The monoisotopic (exact) mass is 422 g/mol. The maximum Gasteiger partial charge on any atom is 0.255 e. The van der Waals surface area contributed by atoms with E-state index in [-0.39, 0.29) is 5.91 Å². The third kappa shape index (κ3) is 3.12. The molecule has 0 spiro atoms. The lowest BCUT2D eigenvalue weighted by Crippen LogP contribution is -2.38. The molecule has 1 aliphatic heterocycles. The maximum absolute atomic E-state index is 12.6. The van der Waals surface area contributed by atoms with E-state index in [1.807, 2.05) is 6.07 Å². The minimum atomic E-state index is -0.456. The van der Waals surface area contributed by atoms with Crippen LogP contribution in [0.5, 0.6) is 23.0 Å². The Morgan fingerprint density at radius 3 is 1.96 bits per heavy atom. The molecule has 7 nitrogen and oxygen atoms in total. The summed E-state index contributed by atoms with van der Waals surface area (Å²) in [6.07, 6.45) is -0.456. The van der Waals surface area contributed by atoms with Crippen molar-refractivity contribution >= 4 is 27.5 Å². The molecule has 3 rings (SSSR count). The zero-order valence-corrected chi connectivity index (χ0v) is 16.4. The normalized spacial score (nSPS) is 15.4. The smallest absolute Gasteiger partial charge is 0.255 e. The Hall–Kier alpha value is -2.61. The van der Waals surface area contributed by atoms with Crippen molar-refractivity contribution in [1.29, 1.82) is 0 Å². The van der Waals surface area contributed by atoms with Gasteiger partial charge in [-0.15, -0.1) is 0 Å². The van der Waals surface area contributed by atoms with Crippen LogP contribution in [0.2, 0.25) is 0 Å². The molecule has 1 amide bonds. The lowest BCUT2D eigenvalue weighted by Gasteiger charge is -2.30. The first-order valence-electron chi connectivity index (χ1n) is 7.77. The molecule has 0 bridgehead atoms. The molecule has 0 saturated heterocycles. The van der Waals surface area contributed by atoms with Crippen LogP contribution in [0.15, 0.2) is 28.7 Å². The van der Waals surface area contributed by atoms with Crippen LogP contribution in [0.3, 0.4) is 0 Å². The third-order valence-electron chi connectivity index (χ3n) is 4.16. The number of fused-ring (bicyclic) bond motifs is 1. The Balaban J connectivity index is 2.02. The quantitative estimate of drug-likeness (QED) is 0.769. The summed E-state index contributed by atoms with van der Waals surface area (Å²) >= 11 is 3.53. The van der Waals surface area contributed by atoms with Crippen LogP contribution < -0.4 is 29.6 Å². The van der Waals surface area contributed by atoms with E-state index in [1.54, 1.807) is 39.5 Å². The number of carbonyl (C=O) groups is 1. The van der Waals surface area contributed by atoms with Gasteiger partial charge in [0.2, 0.25) is 0 Å². The molecule has 0 fully saturated rings. The van der Waals surface area contributed by atoms with Crippen molar-refractivity contribution in [3.63, 3.8) is 0 Å². The molecule has 0 radical (unpaired) electrons. The van der Waals surface area contributed by atoms with Crippen LogP contribution in [0, 0.1) is 0 Å². The second-order valence-corrected chi connectivity index (χ2v) is 6.39. The van der Waals surface area contributed by atoms with Crippen LogP contribution in [0.4, 0.5) is 5.69 Å². The Kier molecular flexibility index (Phi) is 5.13. The fourth-order valence-electron chi connectivity index (χ4n) is 2.83. The van der Waals surface area contributed by atoms with E-state index in [0.717, 1.165) is 10.0 Å². The molecule has 0 aromatic heterocycles. The number of anilines is 1. The van der Waals surface area contributed by atoms with Gasteiger partial charge in [-0.25, -0.2) is 0 Å². The largest absolute Gasteiger partial charge is 0.493 e. The van der Waals surface area contributed by atoms with Gasteiger partial charge >= 0.3 is 0 Å². The van der Waals surface area contributed by atoms with Crippen molar-refractivity contribution in [2.75, 3.05) is 33.8 Å². The molecular formula is C18H19BrN2O5. The minimum absolute atomic E-state index is 0.216. The van der Waals surface area contributed by atoms with Crippen molar-refractivity contribution in [2.24, 2.45) is 0 Å². The molecular weight excluding hydrogens is 404 g/mol. The highest BCUT2D eigenvalue weighted by atomic mass is 79.9. The van der Waals surface area contributed by atoms with E-state index in [0.29, 0.717) is 34.2 Å². The molecule has 1 aliphatic rings. The Morgan fingerprint density at radius 1 is 0.808 bits per heavy atom. The number of halogens is 1. The average Bonchev–Trinajstić information content (AvgIpc) is 2.66. The first kappa shape index (κ1) is 18.2. The summed E-state index contributed by atoms with van der Waals surface area (Å²) in [5.41, 5.74) is 1.94. The van der Waals surface area contributed by atoms with E-state index in [9.17, 15) is 4.79 Å². The lowest BCUT2D eigenvalue weighted by molar-refractivity contribution is 0.0935. The summed E-state index contributed by atoms with van der Waals surface area (Å²) in [7, 11) is 6.22. The molecule has 8 heteroatoms. The van der Waals surface area contributed by atoms with E-state index >= 15 is 0 Å². The van der Waals surface area contributed by atoms with Crippen LogP contribution in [0.25, 0.3) is 0 Å². The summed E-state index contributed by atoms with van der Waals surface area (Å²) in [6, 6.07) is 7.00. The zero-order valence-electron chi connectivity index (χ0n) is 14.8. The third-order valence-corrected chi connectivity index (χ3v) is 4.84. The van der Waals surface area contributed by atoms with E-state index in [1.165, 1.54) is 7.11 Å². The number of benzene rings is 2. The number of amides is 1. The van der Waals surface area contributed by atoms with Crippen molar-refractivity contribution < 1.29 is 23.7 Å². The van der Waals surface area contributed by atoms with Gasteiger partial charge in [-0.2, -0.15) is 0 Å². The number of hydrogen-bond donors (Lipinski definition) is 2. The second-order valence-electron chi connectivity index (χ2n) is 5.53. The fraction of sp³-hybridized carbons (Fsp3) is 0.278. The predicted octanol–water partition coefficient (Wildman–Crippen LogP) is 3.34. The molecule has 2 aromatic rings. The van der Waals surface area contributed by atoms with Crippen LogP contribution >= 0.6 is 15.9 Å². The topological polar surface area (TPSA) is 78.1 Å². The Labute approximate surface area is 159 Å². The standard InChI is InChI=1S/C18H19BrN2O5/c1-23-13-5-9(11(19)7-15(13)25-3)17-20-12-8-16(26-4)14(24-2)6-10(12)18(22)21-17/h5-8,17,20H,1-4H3,(H,21,22)/t17-/m1/s1. The van der Waals surface area contributed by atoms with Gasteiger partial charge in [-0.1, -0.05) is 15.9 Å². The summed E-state index contributed by atoms with van der Waals surface area (Å²) in [5, 5.41) is 6.24. The average molecular weight is 423 g/mol. The highest BCUT2D eigenvalue weighted by Crippen LogP contribution is 2.40. The van der Waals surface area contributed by atoms with Gasteiger partial charge in [0.1, 0.15) is 6.17 Å². The van der Waals surface area contributed by atoms with Gasteiger partial charge in [0.05, 0.1) is 39.7 Å². The van der Waals surface area contributed by atoms with E-state index in [4.69, 9.17) is 18.9 Å². The van der Waals surface area contributed by atoms with Gasteiger partial charge in [0, 0.05) is 16.1 Å². The van der Waals surface area contributed by atoms with Crippen molar-refractivity contribution in [3.05, 3.63) is 39.9 Å². The van der Waals surface area contributed by atoms with E-state index in [2.05, 4.69) is 26.6 Å². The first-order chi connectivity index (χ1) is 12.5. The summed E-state index contributed by atoms with van der Waals surface area (Å²) in [4.78, 5) is 12.6. The lowest BCUT2D eigenvalue weighted by atomic mass is 10.0. The van der Waals surface area contributed by atoms with E-state index < -0.39 is 6.17 Å². The van der Waals surface area contributed by atoms with Gasteiger partial charge in [-0.05, 0) is 18.2 Å². The molecule has 0 unspecified atom stereocenters. The first-order valence-corrected chi connectivity index (χ1v) is 8.56. The van der Waals surface area contributed by atoms with Gasteiger partial charge < -0.3 is 29.6 Å². The maximum atomic E-state index is 12.6. The van der Waals surface area contributed by atoms with Crippen LogP contribution in [0.1, 0.15) is 22.1 Å². The number of carbonyl (C=O) groups excluding carboxylic acids is 1. The Morgan fingerprint density at radius 2 is 1.35 bits per heavy atom. The summed E-state index contributed by atoms with van der Waals surface area (Å²) in [5.74, 6) is 1.98. The van der Waals surface area contributed by atoms with Crippen molar-refractivity contribution in [2.45, 2.75) is 6.17 Å². The second kappa shape index (κ2) is 7.33. The number of methoxy groups -OCH3 is 4. The highest BCUT2D eigenvalue weighted by Gasteiger charge is 2.28. The predicted molar refractivity (Wildman–Crippen MR) is 101 cm³/mol. The zero-order chi connectivity index (χ0) is 18.8. The molecule has 1 atom stereocenters. The summed E-state index contributed by atoms with van der Waals surface area (Å²) < 4.78 is 22.0. The van der Waals surface area contributed by atoms with Crippen LogP contribution in [-0.2, 0) is 0 Å². The number of ether oxygens (including phenoxy) is 4. The Bertz CT molecular complexity index is 856. The molecule has 1 heterocycles. The minimum Gasteiger partial charge on any atom is -0.493 e. The van der Waals surface area contributed by atoms with Crippen molar-refractivity contribution in [3.8, 4) is 23.0 Å². The molecule has 2 N–H and O–H groups in total. The number of rotatable bonds is 5. The van der Waals surface area contributed by atoms with Gasteiger partial charge in [0.25, 0.3) is 5.91 Å². The molecule has 26 heavy (non-hydrogen) atoms. The van der Waals surface area contributed by atoms with Gasteiger partial charge in [-0.3, -0.25) is 4.79 Å². The molecule has 2 aromatic carbocycles. The number of nitrogens with one attached hydrogen (secondary N) is 2. The highest BCUT2D eigenvalue weighted by molar-refractivity contribution is 9.10. The molecule has 138 valence electrons. The summed E-state index contributed by atoms with van der Waals surface area (Å²) in [6.45, 7) is 0. The molecule has 0 aliphatic carbocycles. The van der Waals surface area contributed by atoms with Crippen LogP contribution in [-0.4, -0.2) is 34.3 Å². The SMILES string of the molecule is COc1cc(Br)c([C@H]2NC(=O)c3cc(OC)c(OC)cc3N2)cc1OC.